The number of hydrogen-bond donors (Lipinski definition) is 0. The highest BCUT2D eigenvalue weighted by molar-refractivity contribution is 5.94. The zero-order valence-electron chi connectivity index (χ0n) is 14.3. The summed E-state index contributed by atoms with van der Waals surface area (Å²) in [5.74, 6) is 0.482. The maximum absolute atomic E-state index is 5.71. The van der Waals surface area contributed by atoms with Gasteiger partial charge in [0.05, 0.1) is 18.6 Å². The van der Waals surface area contributed by atoms with E-state index in [1.54, 1.807) is 14.2 Å². The van der Waals surface area contributed by atoms with Crippen LogP contribution in [0.25, 0.3) is 10.8 Å². The molecule has 0 aromatic heterocycles. The van der Waals surface area contributed by atoms with Crippen LogP contribution in [0.3, 0.4) is 0 Å². The Morgan fingerprint density at radius 2 is 1.45 bits per heavy atom. The first-order valence-electron chi connectivity index (χ1n) is 8.03. The minimum Gasteiger partial charge on any atom is -0.384 e. The molecule has 22 heavy (non-hydrogen) atoms. The van der Waals surface area contributed by atoms with Crippen molar-refractivity contribution in [1.29, 1.82) is 0 Å². The predicted molar refractivity (Wildman–Crippen MR) is 91.6 cm³/mol. The summed E-state index contributed by atoms with van der Waals surface area (Å²) in [6.07, 6.45) is 0. The van der Waals surface area contributed by atoms with Crippen LogP contribution in [0, 0.1) is 5.92 Å². The Kier molecular flexibility index (Phi) is 3.78. The predicted octanol–water partition coefficient (Wildman–Crippen LogP) is 4.30. The molecule has 0 aliphatic heterocycles. The van der Waals surface area contributed by atoms with Crippen molar-refractivity contribution < 1.29 is 9.47 Å². The van der Waals surface area contributed by atoms with E-state index in [1.807, 2.05) is 0 Å². The molecule has 0 saturated heterocycles. The second-order valence-electron chi connectivity index (χ2n) is 7.01. The van der Waals surface area contributed by atoms with Gasteiger partial charge in [-0.2, -0.15) is 0 Å². The van der Waals surface area contributed by atoms with E-state index in [-0.39, 0.29) is 10.8 Å². The molecule has 2 nitrogen and oxygen atoms in total. The molecule has 0 heterocycles. The Labute approximate surface area is 133 Å². The monoisotopic (exact) mass is 298 g/mol. The van der Waals surface area contributed by atoms with E-state index in [0.717, 1.165) is 0 Å². The average Bonchev–Trinajstić information content (AvgIpc) is 2.72. The fraction of sp³-hybridized carbons (Fsp3) is 0.500. The zero-order valence-corrected chi connectivity index (χ0v) is 14.3. The van der Waals surface area contributed by atoms with Gasteiger partial charge in [-0.15, -0.1) is 0 Å². The Balaban J connectivity index is 2.41. The third-order valence-corrected chi connectivity index (χ3v) is 5.91. The van der Waals surface area contributed by atoms with E-state index in [4.69, 9.17) is 9.47 Å². The van der Waals surface area contributed by atoms with Crippen LogP contribution >= 0.6 is 0 Å². The molecule has 3 rings (SSSR count). The lowest BCUT2D eigenvalue weighted by Gasteiger charge is -2.47. The molecule has 0 saturated carbocycles. The molecule has 1 aliphatic rings. The lowest BCUT2D eigenvalue weighted by atomic mass is 9.58. The second-order valence-corrected chi connectivity index (χ2v) is 7.01. The third-order valence-electron chi connectivity index (χ3n) is 5.91. The minimum absolute atomic E-state index is 0.0117. The highest BCUT2D eigenvalue weighted by Crippen LogP contribution is 2.58. The van der Waals surface area contributed by atoms with Gasteiger partial charge in [-0.1, -0.05) is 57.2 Å². The van der Waals surface area contributed by atoms with Gasteiger partial charge in [-0.3, -0.25) is 0 Å². The molecule has 2 heteroatoms. The second kappa shape index (κ2) is 5.36. The van der Waals surface area contributed by atoms with Crippen LogP contribution in [0.1, 0.15) is 31.9 Å². The van der Waals surface area contributed by atoms with Crippen LogP contribution in [-0.4, -0.2) is 27.4 Å². The third kappa shape index (κ3) is 1.74. The number of hydrogen-bond acceptors (Lipinski definition) is 2. The van der Waals surface area contributed by atoms with Gasteiger partial charge >= 0.3 is 0 Å². The van der Waals surface area contributed by atoms with Gasteiger partial charge in [0.1, 0.15) is 0 Å². The molecule has 1 aliphatic carbocycles. The Hall–Kier alpha value is -1.38. The highest BCUT2D eigenvalue weighted by Gasteiger charge is 2.57. The van der Waals surface area contributed by atoms with Gasteiger partial charge in [0.25, 0.3) is 0 Å². The van der Waals surface area contributed by atoms with Gasteiger partial charge in [0.2, 0.25) is 0 Å². The molecule has 118 valence electrons. The lowest BCUT2D eigenvalue weighted by Crippen LogP contribution is -2.53. The fourth-order valence-electron chi connectivity index (χ4n) is 4.56. The molecule has 1 unspecified atom stereocenters. The summed E-state index contributed by atoms with van der Waals surface area (Å²) in [6.45, 7) is 8.34. The summed E-state index contributed by atoms with van der Waals surface area (Å²) in [5, 5.41) is 2.71. The smallest absolute Gasteiger partial charge is 0.0590 e. The molecule has 1 atom stereocenters. The maximum atomic E-state index is 5.71. The van der Waals surface area contributed by atoms with Crippen LogP contribution in [-0.2, 0) is 20.3 Å². The summed E-state index contributed by atoms with van der Waals surface area (Å²) in [7, 11) is 3.59. The quantitative estimate of drug-likeness (QED) is 0.819. The van der Waals surface area contributed by atoms with Crippen LogP contribution < -0.4 is 0 Å². The molecule has 0 N–H and O–H groups in total. The fourth-order valence-corrected chi connectivity index (χ4v) is 4.56. The topological polar surface area (TPSA) is 18.5 Å². The highest BCUT2D eigenvalue weighted by atomic mass is 16.5. The van der Waals surface area contributed by atoms with E-state index < -0.39 is 0 Å². The molecule has 2 aromatic rings. The van der Waals surface area contributed by atoms with Crippen molar-refractivity contribution in [1.82, 2.24) is 0 Å². The van der Waals surface area contributed by atoms with Gasteiger partial charge in [0, 0.05) is 19.6 Å². The number of benzene rings is 2. The first-order valence-corrected chi connectivity index (χ1v) is 8.03. The van der Waals surface area contributed by atoms with Crippen LogP contribution in [0.2, 0.25) is 0 Å². The van der Waals surface area contributed by atoms with Crippen molar-refractivity contribution in [2.45, 2.75) is 31.6 Å². The summed E-state index contributed by atoms with van der Waals surface area (Å²) in [5.41, 5.74) is 2.65. The maximum Gasteiger partial charge on any atom is 0.0590 e. The van der Waals surface area contributed by atoms with Crippen molar-refractivity contribution in [3.8, 4) is 0 Å². The molecule has 2 aromatic carbocycles. The van der Waals surface area contributed by atoms with Gasteiger partial charge in [-0.25, -0.2) is 0 Å². The largest absolute Gasteiger partial charge is 0.384 e. The molecule has 0 amide bonds. The minimum atomic E-state index is -0.145. The van der Waals surface area contributed by atoms with Gasteiger partial charge < -0.3 is 9.47 Å². The zero-order chi connectivity index (χ0) is 16.0. The standard InChI is InChI=1S/C20H26O2/c1-14(2)19(3)16-10-6-8-15-9-7-11-17(18(15)16)20(19,12-21-4)13-22-5/h6-11,14H,12-13H2,1-5H3. The number of ether oxygens (including phenoxy) is 2. The summed E-state index contributed by atoms with van der Waals surface area (Å²) < 4.78 is 11.4. The normalized spacial score (nSPS) is 22.6. The molecule has 0 fully saturated rings. The van der Waals surface area contributed by atoms with Crippen molar-refractivity contribution in [2.24, 2.45) is 5.92 Å². The molecular formula is C20H26O2. The van der Waals surface area contributed by atoms with E-state index in [1.165, 1.54) is 21.9 Å². The van der Waals surface area contributed by atoms with Gasteiger partial charge in [0.15, 0.2) is 0 Å². The van der Waals surface area contributed by atoms with E-state index in [9.17, 15) is 0 Å². The molecule has 0 bridgehead atoms. The van der Waals surface area contributed by atoms with Crippen molar-refractivity contribution in [2.75, 3.05) is 27.4 Å². The number of rotatable bonds is 5. The van der Waals surface area contributed by atoms with E-state index >= 15 is 0 Å². The van der Waals surface area contributed by atoms with Crippen LogP contribution in [0.5, 0.6) is 0 Å². The van der Waals surface area contributed by atoms with Gasteiger partial charge in [-0.05, 0) is 27.8 Å². The van der Waals surface area contributed by atoms with E-state index in [2.05, 4.69) is 57.2 Å². The Morgan fingerprint density at radius 1 is 0.909 bits per heavy atom. The first-order chi connectivity index (χ1) is 10.5. The first kappa shape index (κ1) is 15.5. The van der Waals surface area contributed by atoms with E-state index in [0.29, 0.717) is 19.1 Å². The SMILES string of the molecule is COCC1(COC)c2cccc3cccc(c23)C1(C)C(C)C. The van der Waals surface area contributed by atoms with Crippen molar-refractivity contribution in [3.63, 3.8) is 0 Å². The van der Waals surface area contributed by atoms with Crippen molar-refractivity contribution >= 4 is 10.8 Å². The summed E-state index contributed by atoms with van der Waals surface area (Å²) in [4.78, 5) is 0. The van der Waals surface area contributed by atoms with Crippen molar-refractivity contribution in [3.05, 3.63) is 47.5 Å². The summed E-state index contributed by atoms with van der Waals surface area (Å²) >= 11 is 0. The number of methoxy groups -OCH3 is 2. The van der Waals surface area contributed by atoms with Crippen LogP contribution in [0.15, 0.2) is 36.4 Å². The van der Waals surface area contributed by atoms with Crippen LogP contribution in [0.4, 0.5) is 0 Å². The lowest BCUT2D eigenvalue weighted by molar-refractivity contribution is 0.00404. The molecular weight excluding hydrogens is 272 g/mol. The average molecular weight is 298 g/mol. The summed E-state index contributed by atoms with van der Waals surface area (Å²) in [6, 6.07) is 13.3. The molecule has 0 spiro atoms. The Bertz CT molecular complexity index is 678. The Morgan fingerprint density at radius 3 is 1.95 bits per heavy atom. The molecule has 0 radical (unpaired) electrons.